The van der Waals surface area contributed by atoms with Gasteiger partial charge in [0.05, 0.1) is 11.3 Å². The average molecular weight is 440 g/mol. The van der Waals surface area contributed by atoms with Gasteiger partial charge in [-0.25, -0.2) is 0 Å². The minimum Gasteiger partial charge on any atom is -0.355 e. The molecule has 2 aromatic carbocycles. The molecule has 1 aliphatic rings. The van der Waals surface area contributed by atoms with Gasteiger partial charge in [0.15, 0.2) is 5.82 Å². The third-order valence-electron chi connectivity index (χ3n) is 5.74. The molecule has 1 aromatic heterocycles. The molecule has 166 valence electrons. The number of halogens is 3. The van der Waals surface area contributed by atoms with Gasteiger partial charge in [-0.15, -0.1) is 10.2 Å². The third-order valence-corrected chi connectivity index (χ3v) is 5.74. The average Bonchev–Trinajstić information content (AvgIpc) is 2.79. The number of piperidine rings is 1. The first-order chi connectivity index (χ1) is 15.3. The first-order valence-electron chi connectivity index (χ1n) is 10.4. The fourth-order valence-electron chi connectivity index (χ4n) is 3.86. The number of nitrogens with one attached hydrogen (secondary N) is 1. The topological polar surface area (TPSA) is 58.1 Å². The fraction of sp³-hybridized carbons (Fsp3) is 0.292. The predicted molar refractivity (Wildman–Crippen MR) is 117 cm³/mol. The van der Waals surface area contributed by atoms with Crippen LogP contribution in [0, 0.1) is 12.8 Å². The van der Waals surface area contributed by atoms with Gasteiger partial charge in [-0.1, -0.05) is 24.3 Å². The zero-order chi connectivity index (χ0) is 22.7. The van der Waals surface area contributed by atoms with E-state index in [2.05, 4.69) is 20.4 Å². The minimum atomic E-state index is -4.39. The molecule has 8 heteroatoms. The summed E-state index contributed by atoms with van der Waals surface area (Å²) < 4.78 is 38.0. The van der Waals surface area contributed by atoms with Gasteiger partial charge in [0, 0.05) is 30.3 Å². The van der Waals surface area contributed by atoms with E-state index in [1.807, 2.05) is 43.3 Å². The van der Waals surface area contributed by atoms with Gasteiger partial charge in [0.25, 0.3) is 0 Å². The summed E-state index contributed by atoms with van der Waals surface area (Å²) >= 11 is 0. The van der Waals surface area contributed by atoms with Crippen LogP contribution >= 0.6 is 0 Å². The Hall–Kier alpha value is -3.42. The lowest BCUT2D eigenvalue weighted by Gasteiger charge is -2.31. The summed E-state index contributed by atoms with van der Waals surface area (Å²) in [6.45, 7) is 3.35. The molecular formula is C24H23F3N4O. The molecule has 0 aliphatic carbocycles. The van der Waals surface area contributed by atoms with Crippen molar-refractivity contribution in [3.63, 3.8) is 0 Å². The van der Waals surface area contributed by atoms with Crippen LogP contribution in [0.4, 0.5) is 24.7 Å². The lowest BCUT2D eigenvalue weighted by atomic mass is 9.95. The van der Waals surface area contributed by atoms with Crippen LogP contribution in [0.2, 0.25) is 0 Å². The van der Waals surface area contributed by atoms with Gasteiger partial charge in [-0.05, 0) is 61.7 Å². The Balaban J connectivity index is 1.33. The number of amides is 1. The van der Waals surface area contributed by atoms with Crippen molar-refractivity contribution in [2.45, 2.75) is 25.9 Å². The van der Waals surface area contributed by atoms with E-state index in [9.17, 15) is 18.0 Å². The largest absolute Gasteiger partial charge is 0.416 e. The second kappa shape index (κ2) is 8.98. The number of hydrogen-bond donors (Lipinski definition) is 1. The van der Waals surface area contributed by atoms with Gasteiger partial charge in [-0.3, -0.25) is 4.79 Å². The van der Waals surface area contributed by atoms with Gasteiger partial charge in [0.2, 0.25) is 5.91 Å². The van der Waals surface area contributed by atoms with E-state index < -0.39 is 11.7 Å². The van der Waals surface area contributed by atoms with Crippen molar-refractivity contribution in [3.05, 3.63) is 71.8 Å². The van der Waals surface area contributed by atoms with E-state index in [0.717, 1.165) is 34.8 Å². The SMILES string of the molecule is Cc1ccccc1-c1ccc(N2CCC(C(=O)Nc3ccc(C(F)(F)F)cc3)CC2)nn1. The molecule has 0 unspecified atom stereocenters. The van der Waals surface area contributed by atoms with Gasteiger partial charge in [0.1, 0.15) is 0 Å². The number of aromatic nitrogens is 2. The molecule has 32 heavy (non-hydrogen) atoms. The number of carbonyl (C=O) groups excluding carboxylic acids is 1. The van der Waals surface area contributed by atoms with Crippen molar-refractivity contribution in [2.75, 3.05) is 23.3 Å². The van der Waals surface area contributed by atoms with Crippen LogP contribution in [0.3, 0.4) is 0 Å². The Morgan fingerprint density at radius 3 is 2.25 bits per heavy atom. The molecule has 1 aliphatic heterocycles. The highest BCUT2D eigenvalue weighted by Gasteiger charge is 2.30. The van der Waals surface area contributed by atoms with E-state index in [1.165, 1.54) is 12.1 Å². The lowest BCUT2D eigenvalue weighted by Crippen LogP contribution is -2.38. The molecule has 3 aromatic rings. The quantitative estimate of drug-likeness (QED) is 0.596. The highest BCUT2D eigenvalue weighted by molar-refractivity contribution is 5.92. The number of nitrogens with zero attached hydrogens (tertiary/aromatic N) is 3. The highest BCUT2D eigenvalue weighted by Crippen LogP contribution is 2.30. The van der Waals surface area contributed by atoms with Crippen molar-refractivity contribution in [1.82, 2.24) is 10.2 Å². The zero-order valence-electron chi connectivity index (χ0n) is 17.6. The van der Waals surface area contributed by atoms with Crippen LogP contribution in [0.5, 0.6) is 0 Å². The number of carbonyl (C=O) groups is 1. The minimum absolute atomic E-state index is 0.176. The Morgan fingerprint density at radius 1 is 0.969 bits per heavy atom. The van der Waals surface area contributed by atoms with Crippen LogP contribution in [0.15, 0.2) is 60.7 Å². The van der Waals surface area contributed by atoms with Gasteiger partial charge < -0.3 is 10.2 Å². The van der Waals surface area contributed by atoms with Crippen LogP contribution in [-0.4, -0.2) is 29.2 Å². The number of aryl methyl sites for hydroxylation is 1. The number of alkyl halides is 3. The van der Waals surface area contributed by atoms with Crippen molar-refractivity contribution >= 4 is 17.4 Å². The molecule has 5 nitrogen and oxygen atoms in total. The van der Waals surface area contributed by atoms with Crippen molar-refractivity contribution < 1.29 is 18.0 Å². The van der Waals surface area contributed by atoms with Crippen molar-refractivity contribution in [2.24, 2.45) is 5.92 Å². The van der Waals surface area contributed by atoms with Crippen molar-refractivity contribution in [1.29, 1.82) is 0 Å². The number of benzene rings is 2. The molecular weight excluding hydrogens is 417 g/mol. The first-order valence-corrected chi connectivity index (χ1v) is 10.4. The lowest BCUT2D eigenvalue weighted by molar-refractivity contribution is -0.137. The third kappa shape index (κ3) is 4.90. The molecule has 1 N–H and O–H groups in total. The molecule has 4 rings (SSSR count). The number of rotatable bonds is 4. The first kappa shape index (κ1) is 21.8. The standard InChI is InChI=1S/C24H23F3N4O/c1-16-4-2-3-5-20(16)21-10-11-22(30-29-21)31-14-12-17(13-15-31)23(32)28-19-8-6-18(7-9-19)24(25,26)27/h2-11,17H,12-15H2,1H3,(H,28,32). The van der Waals surface area contributed by atoms with Gasteiger partial charge in [-0.2, -0.15) is 13.2 Å². The van der Waals surface area contributed by atoms with Crippen LogP contribution in [0.25, 0.3) is 11.3 Å². The van der Waals surface area contributed by atoms with Gasteiger partial charge >= 0.3 is 6.18 Å². The molecule has 0 spiro atoms. The van der Waals surface area contributed by atoms with E-state index in [4.69, 9.17) is 0 Å². The summed E-state index contributed by atoms with van der Waals surface area (Å²) in [6, 6.07) is 16.4. The maximum atomic E-state index is 12.7. The summed E-state index contributed by atoms with van der Waals surface area (Å²) in [5, 5.41) is 11.5. The Morgan fingerprint density at radius 2 is 1.66 bits per heavy atom. The number of hydrogen-bond acceptors (Lipinski definition) is 4. The predicted octanol–water partition coefficient (Wildman–Crippen LogP) is 5.33. The second-order valence-electron chi connectivity index (χ2n) is 7.92. The Labute approximate surface area is 184 Å². The van der Waals surface area contributed by atoms with Crippen LogP contribution in [-0.2, 0) is 11.0 Å². The maximum absolute atomic E-state index is 12.7. The molecule has 2 heterocycles. The summed E-state index contributed by atoms with van der Waals surface area (Å²) in [7, 11) is 0. The molecule has 1 amide bonds. The van der Waals surface area contributed by atoms with E-state index in [1.54, 1.807) is 0 Å². The molecule has 0 bridgehead atoms. The van der Waals surface area contributed by atoms with Crippen LogP contribution in [0.1, 0.15) is 24.0 Å². The number of anilines is 2. The monoisotopic (exact) mass is 440 g/mol. The zero-order valence-corrected chi connectivity index (χ0v) is 17.6. The maximum Gasteiger partial charge on any atom is 0.416 e. The smallest absolute Gasteiger partial charge is 0.355 e. The van der Waals surface area contributed by atoms with E-state index >= 15 is 0 Å². The van der Waals surface area contributed by atoms with Crippen molar-refractivity contribution in [3.8, 4) is 11.3 Å². The normalized spacial score (nSPS) is 14.9. The molecule has 1 saturated heterocycles. The molecule has 0 radical (unpaired) electrons. The summed E-state index contributed by atoms with van der Waals surface area (Å²) in [5.41, 5.74) is 2.62. The summed E-state index contributed by atoms with van der Waals surface area (Å²) in [6.07, 6.45) is -3.13. The summed E-state index contributed by atoms with van der Waals surface area (Å²) in [5.74, 6) is 0.391. The van der Waals surface area contributed by atoms with E-state index in [0.29, 0.717) is 31.6 Å². The van der Waals surface area contributed by atoms with E-state index in [-0.39, 0.29) is 11.8 Å². The fourth-order valence-corrected chi connectivity index (χ4v) is 3.86. The molecule has 0 atom stereocenters. The van der Waals surface area contributed by atoms with Crippen LogP contribution < -0.4 is 10.2 Å². The summed E-state index contributed by atoms with van der Waals surface area (Å²) in [4.78, 5) is 14.6. The molecule has 0 saturated carbocycles. The second-order valence-corrected chi connectivity index (χ2v) is 7.92. The Kier molecular flexibility index (Phi) is 6.12. The molecule has 1 fully saturated rings. The highest BCUT2D eigenvalue weighted by atomic mass is 19.4. The Bertz CT molecular complexity index is 1070.